The monoisotopic (exact) mass is 373 g/mol. The zero-order chi connectivity index (χ0) is 16.5. The predicted octanol–water partition coefficient (Wildman–Crippen LogP) is 3.50. The Morgan fingerprint density at radius 2 is 1.71 bits per heavy atom. The third kappa shape index (κ3) is 4.23. The molecule has 0 amide bonds. The van der Waals surface area contributed by atoms with Crippen LogP contribution in [0.3, 0.4) is 0 Å². The van der Waals surface area contributed by atoms with E-state index in [1.54, 1.807) is 6.92 Å². The van der Waals surface area contributed by atoms with Crippen molar-refractivity contribution in [3.8, 4) is 0 Å². The van der Waals surface area contributed by atoms with E-state index in [0.29, 0.717) is 0 Å². The van der Waals surface area contributed by atoms with E-state index in [1.807, 2.05) is 13.8 Å². The predicted molar refractivity (Wildman–Crippen MR) is 82.6 cm³/mol. The van der Waals surface area contributed by atoms with Gasteiger partial charge in [0.05, 0.1) is 20.6 Å². The largest absolute Gasteiger partial charge is 0.459 e. The van der Waals surface area contributed by atoms with Crippen molar-refractivity contribution in [1.29, 1.82) is 0 Å². The van der Waals surface area contributed by atoms with E-state index in [0.717, 1.165) is 6.07 Å². The Labute approximate surface area is 138 Å². The van der Waals surface area contributed by atoms with Crippen molar-refractivity contribution in [1.82, 2.24) is 0 Å². The molecule has 0 bridgehead atoms. The van der Waals surface area contributed by atoms with Crippen LogP contribution in [-0.4, -0.2) is 20.5 Å². The molecule has 0 heterocycles. The van der Waals surface area contributed by atoms with Crippen LogP contribution >= 0.6 is 34.8 Å². The fourth-order valence-corrected chi connectivity index (χ4v) is 3.06. The number of esters is 1. The van der Waals surface area contributed by atoms with Crippen LogP contribution in [-0.2, 0) is 14.8 Å². The van der Waals surface area contributed by atoms with Crippen LogP contribution in [0.5, 0.6) is 0 Å². The summed E-state index contributed by atoms with van der Waals surface area (Å²) in [5.74, 6) is -0.804. The van der Waals surface area contributed by atoms with Gasteiger partial charge < -0.3 is 4.74 Å². The number of primary sulfonamides is 1. The number of rotatable bonds is 4. The van der Waals surface area contributed by atoms with Gasteiger partial charge in [0.25, 0.3) is 0 Å². The highest BCUT2D eigenvalue weighted by atomic mass is 35.5. The van der Waals surface area contributed by atoms with Crippen LogP contribution < -0.4 is 5.14 Å². The minimum atomic E-state index is -4.16. The first kappa shape index (κ1) is 18.5. The maximum Gasteiger partial charge on any atom is 0.341 e. The molecule has 0 saturated heterocycles. The van der Waals surface area contributed by atoms with Crippen molar-refractivity contribution in [3.05, 3.63) is 26.7 Å². The maximum atomic E-state index is 12.1. The molecule has 0 aliphatic carbocycles. The molecule has 118 valence electrons. The molecular formula is C12H14Cl3NO4S. The van der Waals surface area contributed by atoms with Crippen LogP contribution in [0.1, 0.15) is 31.1 Å². The second kappa shape index (κ2) is 6.71. The first-order valence-corrected chi connectivity index (χ1v) is 8.56. The number of sulfonamides is 1. The summed E-state index contributed by atoms with van der Waals surface area (Å²) in [6.07, 6.45) is -0.415. The van der Waals surface area contributed by atoms with Gasteiger partial charge in [0.1, 0.15) is 11.0 Å². The number of halogens is 3. The number of carbonyl (C=O) groups excluding carboxylic acids is 1. The lowest BCUT2D eigenvalue weighted by Gasteiger charge is -2.18. The third-order valence-electron chi connectivity index (χ3n) is 2.87. The van der Waals surface area contributed by atoms with Crippen LogP contribution in [0.25, 0.3) is 0 Å². The highest BCUT2D eigenvalue weighted by molar-refractivity contribution is 7.89. The van der Waals surface area contributed by atoms with E-state index in [4.69, 9.17) is 44.7 Å². The average Bonchev–Trinajstić information content (AvgIpc) is 2.32. The Morgan fingerprint density at radius 3 is 2.14 bits per heavy atom. The van der Waals surface area contributed by atoms with Gasteiger partial charge in [-0.3, -0.25) is 0 Å². The molecule has 0 aromatic heterocycles. The van der Waals surface area contributed by atoms with Gasteiger partial charge in [-0.05, 0) is 18.9 Å². The van der Waals surface area contributed by atoms with Crippen molar-refractivity contribution in [2.24, 2.45) is 11.1 Å². The Morgan fingerprint density at radius 1 is 1.19 bits per heavy atom. The fraction of sp³-hybridized carbons (Fsp3) is 0.417. The number of benzene rings is 1. The zero-order valence-electron chi connectivity index (χ0n) is 11.5. The lowest BCUT2D eigenvalue weighted by Crippen LogP contribution is -2.22. The molecule has 0 saturated carbocycles. The number of hydrogen-bond donors (Lipinski definition) is 1. The number of carbonyl (C=O) groups is 1. The molecule has 0 aliphatic heterocycles. The maximum absolute atomic E-state index is 12.1. The summed E-state index contributed by atoms with van der Waals surface area (Å²) in [5.41, 5.74) is -0.317. The van der Waals surface area contributed by atoms with Gasteiger partial charge in [-0.2, -0.15) is 0 Å². The SMILES string of the molecule is CC(C)C(C)OC(=O)c1c(Cl)c(Cl)cc(S(N)(=O)=O)c1Cl. The molecule has 1 rings (SSSR count). The fourth-order valence-electron chi connectivity index (χ4n) is 1.33. The number of ether oxygens (including phenoxy) is 1. The molecule has 21 heavy (non-hydrogen) atoms. The normalized spacial score (nSPS) is 13.3. The van der Waals surface area contributed by atoms with E-state index < -0.39 is 32.0 Å². The van der Waals surface area contributed by atoms with Gasteiger partial charge in [0.15, 0.2) is 0 Å². The molecule has 5 nitrogen and oxygen atoms in total. The lowest BCUT2D eigenvalue weighted by atomic mass is 10.1. The second-order valence-electron chi connectivity index (χ2n) is 4.76. The molecule has 1 unspecified atom stereocenters. The van der Waals surface area contributed by atoms with Gasteiger partial charge in [-0.25, -0.2) is 18.4 Å². The minimum absolute atomic E-state index is 0.0587. The van der Waals surface area contributed by atoms with E-state index in [2.05, 4.69) is 0 Å². The first-order valence-electron chi connectivity index (χ1n) is 5.88. The molecule has 0 spiro atoms. The molecule has 0 aliphatic rings. The van der Waals surface area contributed by atoms with Crippen LogP contribution in [0.15, 0.2) is 11.0 Å². The highest BCUT2D eigenvalue weighted by Crippen LogP contribution is 2.37. The summed E-state index contributed by atoms with van der Waals surface area (Å²) in [5, 5.41) is 4.28. The van der Waals surface area contributed by atoms with Crippen molar-refractivity contribution in [3.63, 3.8) is 0 Å². The molecule has 0 radical (unpaired) electrons. The average molecular weight is 375 g/mol. The number of nitrogens with two attached hydrogens (primary N) is 1. The Hall–Kier alpha value is -0.530. The van der Waals surface area contributed by atoms with Crippen molar-refractivity contribution >= 4 is 50.8 Å². The summed E-state index contributed by atoms with van der Waals surface area (Å²) in [6.45, 7) is 5.40. The second-order valence-corrected chi connectivity index (χ2v) is 7.45. The summed E-state index contributed by atoms with van der Waals surface area (Å²) >= 11 is 17.7. The lowest BCUT2D eigenvalue weighted by molar-refractivity contribution is 0.0238. The van der Waals surface area contributed by atoms with Crippen LogP contribution in [0, 0.1) is 5.92 Å². The topological polar surface area (TPSA) is 86.5 Å². The Balaban J connectivity index is 3.42. The number of hydrogen-bond acceptors (Lipinski definition) is 4. The van der Waals surface area contributed by atoms with Gasteiger partial charge in [0.2, 0.25) is 10.0 Å². The molecule has 9 heteroatoms. The Kier molecular flexibility index (Phi) is 5.91. The minimum Gasteiger partial charge on any atom is -0.459 e. The van der Waals surface area contributed by atoms with Crippen LogP contribution in [0.2, 0.25) is 15.1 Å². The van der Waals surface area contributed by atoms with Crippen molar-refractivity contribution < 1.29 is 17.9 Å². The smallest absolute Gasteiger partial charge is 0.341 e. The van der Waals surface area contributed by atoms with Gasteiger partial charge in [0, 0.05) is 0 Å². The Bertz CT molecular complexity index is 674. The zero-order valence-corrected chi connectivity index (χ0v) is 14.6. The molecule has 1 aromatic rings. The molecular weight excluding hydrogens is 361 g/mol. The van der Waals surface area contributed by atoms with Crippen molar-refractivity contribution in [2.45, 2.75) is 31.8 Å². The van der Waals surface area contributed by atoms with Gasteiger partial charge >= 0.3 is 5.97 Å². The van der Waals surface area contributed by atoms with Gasteiger partial charge in [-0.1, -0.05) is 48.7 Å². The summed E-state index contributed by atoms with van der Waals surface area (Å²) in [6, 6.07) is 0.990. The summed E-state index contributed by atoms with van der Waals surface area (Å²) < 4.78 is 28.1. The van der Waals surface area contributed by atoms with Crippen molar-refractivity contribution in [2.75, 3.05) is 0 Å². The van der Waals surface area contributed by atoms with E-state index in [-0.39, 0.29) is 21.5 Å². The van der Waals surface area contributed by atoms with E-state index >= 15 is 0 Å². The quantitative estimate of drug-likeness (QED) is 0.645. The molecule has 1 atom stereocenters. The summed E-state index contributed by atoms with van der Waals surface area (Å²) in [7, 11) is -4.16. The van der Waals surface area contributed by atoms with E-state index in [9.17, 15) is 13.2 Å². The van der Waals surface area contributed by atoms with E-state index in [1.165, 1.54) is 0 Å². The molecule has 2 N–H and O–H groups in total. The molecule has 1 aromatic carbocycles. The van der Waals surface area contributed by atoms with Gasteiger partial charge in [-0.15, -0.1) is 0 Å². The highest BCUT2D eigenvalue weighted by Gasteiger charge is 2.27. The standard InChI is InChI=1S/C12H14Cl3NO4S/c1-5(2)6(3)20-12(17)9-10(14)7(13)4-8(11(9)15)21(16,18)19/h4-6H,1-3H3,(H2,16,18,19). The summed E-state index contributed by atoms with van der Waals surface area (Å²) in [4.78, 5) is 11.7. The molecule has 0 fully saturated rings. The first-order chi connectivity index (χ1) is 9.46. The third-order valence-corrected chi connectivity index (χ3v) is 5.09. The van der Waals surface area contributed by atoms with Crippen LogP contribution in [0.4, 0.5) is 0 Å².